The Kier molecular flexibility index (Phi) is 3.94. The molecule has 2 heteroatoms. The van der Waals surface area contributed by atoms with Crippen LogP contribution in [0.15, 0.2) is 24.4 Å². The summed E-state index contributed by atoms with van der Waals surface area (Å²) < 4.78 is 0. The van der Waals surface area contributed by atoms with E-state index in [9.17, 15) is 0 Å². The lowest BCUT2D eigenvalue weighted by Gasteiger charge is -2.30. The zero-order valence-corrected chi connectivity index (χ0v) is 10.1. The topological polar surface area (TPSA) is 38.9 Å². The van der Waals surface area contributed by atoms with Crippen LogP contribution in [0.5, 0.6) is 0 Å². The number of pyridine rings is 1. The number of hydrogen-bond acceptors (Lipinski definition) is 2. The Labute approximate surface area is 98.3 Å². The Morgan fingerprint density at radius 1 is 1.31 bits per heavy atom. The average Bonchev–Trinajstić information content (AvgIpc) is 2.31. The summed E-state index contributed by atoms with van der Waals surface area (Å²) in [6.45, 7) is 2.35. The van der Waals surface area contributed by atoms with Crippen molar-refractivity contribution in [3.05, 3.63) is 30.1 Å². The normalized spacial score (nSPS) is 27.6. The van der Waals surface area contributed by atoms with E-state index in [1.165, 1.54) is 25.7 Å². The van der Waals surface area contributed by atoms with Crippen molar-refractivity contribution in [3.63, 3.8) is 0 Å². The highest BCUT2D eigenvalue weighted by atomic mass is 14.7. The third-order valence-corrected chi connectivity index (χ3v) is 3.84. The van der Waals surface area contributed by atoms with Crippen LogP contribution in [0.4, 0.5) is 0 Å². The Hall–Kier alpha value is -0.890. The number of rotatable bonds is 3. The summed E-state index contributed by atoms with van der Waals surface area (Å²) >= 11 is 0. The van der Waals surface area contributed by atoms with Crippen molar-refractivity contribution in [1.82, 2.24) is 4.98 Å². The zero-order valence-electron chi connectivity index (χ0n) is 10.1. The van der Waals surface area contributed by atoms with Gasteiger partial charge in [-0.1, -0.05) is 25.8 Å². The van der Waals surface area contributed by atoms with Crippen molar-refractivity contribution in [1.29, 1.82) is 0 Å². The standard InChI is InChI=1S/C14H22N2/c1-11-5-7-12(8-6-11)14(15)10-13-4-2-3-9-16-13/h2-4,9,11-12,14H,5-8,10,15H2,1H3. The van der Waals surface area contributed by atoms with Gasteiger partial charge in [-0.25, -0.2) is 0 Å². The molecule has 1 unspecified atom stereocenters. The number of nitrogens with zero attached hydrogens (tertiary/aromatic N) is 1. The van der Waals surface area contributed by atoms with Crippen LogP contribution in [0.25, 0.3) is 0 Å². The minimum Gasteiger partial charge on any atom is -0.327 e. The lowest BCUT2D eigenvalue weighted by atomic mass is 9.78. The van der Waals surface area contributed by atoms with Gasteiger partial charge in [-0.05, 0) is 36.8 Å². The van der Waals surface area contributed by atoms with Gasteiger partial charge < -0.3 is 5.73 Å². The molecule has 2 rings (SSSR count). The van der Waals surface area contributed by atoms with Crippen molar-refractivity contribution >= 4 is 0 Å². The second kappa shape index (κ2) is 5.44. The molecule has 0 bridgehead atoms. The maximum absolute atomic E-state index is 6.29. The fourth-order valence-electron chi connectivity index (χ4n) is 2.64. The molecule has 0 radical (unpaired) electrons. The van der Waals surface area contributed by atoms with Gasteiger partial charge in [0.25, 0.3) is 0 Å². The lowest BCUT2D eigenvalue weighted by Crippen LogP contribution is -2.34. The van der Waals surface area contributed by atoms with E-state index in [0.717, 1.165) is 18.0 Å². The van der Waals surface area contributed by atoms with E-state index in [-0.39, 0.29) is 0 Å². The van der Waals surface area contributed by atoms with Crippen LogP contribution in [0, 0.1) is 11.8 Å². The maximum Gasteiger partial charge on any atom is 0.0419 e. The third kappa shape index (κ3) is 3.05. The van der Waals surface area contributed by atoms with Crippen molar-refractivity contribution in [3.8, 4) is 0 Å². The predicted octanol–water partition coefficient (Wildman–Crippen LogP) is 2.78. The molecular weight excluding hydrogens is 196 g/mol. The number of nitrogens with two attached hydrogens (primary N) is 1. The van der Waals surface area contributed by atoms with E-state index in [1.54, 1.807) is 0 Å². The lowest BCUT2D eigenvalue weighted by molar-refractivity contribution is 0.253. The second-order valence-electron chi connectivity index (χ2n) is 5.21. The summed E-state index contributed by atoms with van der Waals surface area (Å²) in [7, 11) is 0. The van der Waals surface area contributed by atoms with Crippen molar-refractivity contribution < 1.29 is 0 Å². The summed E-state index contributed by atoms with van der Waals surface area (Å²) in [6.07, 6.45) is 8.08. The van der Waals surface area contributed by atoms with Gasteiger partial charge in [0.15, 0.2) is 0 Å². The molecule has 1 aromatic rings. The Bertz CT molecular complexity index is 302. The van der Waals surface area contributed by atoms with Crippen LogP contribution in [0.1, 0.15) is 38.3 Å². The smallest absolute Gasteiger partial charge is 0.0419 e. The minimum atomic E-state index is 0.294. The fourth-order valence-corrected chi connectivity index (χ4v) is 2.64. The van der Waals surface area contributed by atoms with Crippen LogP contribution < -0.4 is 5.73 Å². The molecule has 1 saturated carbocycles. The molecule has 1 fully saturated rings. The van der Waals surface area contributed by atoms with Crippen LogP contribution in [0.2, 0.25) is 0 Å². The second-order valence-corrected chi connectivity index (χ2v) is 5.21. The molecule has 1 aliphatic rings. The molecule has 1 atom stereocenters. The molecule has 1 aromatic heterocycles. The summed E-state index contributed by atoms with van der Waals surface area (Å²) in [5.74, 6) is 1.61. The number of hydrogen-bond donors (Lipinski definition) is 1. The molecular formula is C14H22N2. The molecule has 1 heterocycles. The Morgan fingerprint density at radius 3 is 2.69 bits per heavy atom. The van der Waals surface area contributed by atoms with Crippen LogP contribution >= 0.6 is 0 Å². The largest absolute Gasteiger partial charge is 0.327 e. The van der Waals surface area contributed by atoms with Crippen molar-refractivity contribution in [2.75, 3.05) is 0 Å². The van der Waals surface area contributed by atoms with Crippen LogP contribution in [0.3, 0.4) is 0 Å². The SMILES string of the molecule is CC1CCC(C(N)Cc2ccccn2)CC1. The van der Waals surface area contributed by atoms with E-state index in [1.807, 2.05) is 18.3 Å². The highest BCUT2D eigenvalue weighted by Gasteiger charge is 2.23. The molecule has 2 nitrogen and oxygen atoms in total. The molecule has 1 aliphatic carbocycles. The zero-order chi connectivity index (χ0) is 11.4. The van der Waals surface area contributed by atoms with Gasteiger partial charge in [0.2, 0.25) is 0 Å². The first-order valence-corrected chi connectivity index (χ1v) is 6.41. The molecule has 0 amide bonds. The van der Waals surface area contributed by atoms with Gasteiger partial charge in [0.05, 0.1) is 0 Å². The number of aromatic nitrogens is 1. The average molecular weight is 218 g/mol. The van der Waals surface area contributed by atoms with Crippen molar-refractivity contribution in [2.24, 2.45) is 17.6 Å². The summed E-state index contributed by atoms with van der Waals surface area (Å²) in [5.41, 5.74) is 7.42. The molecule has 0 spiro atoms. The first-order chi connectivity index (χ1) is 7.75. The first kappa shape index (κ1) is 11.6. The Balaban J connectivity index is 1.86. The third-order valence-electron chi connectivity index (χ3n) is 3.84. The van der Waals surface area contributed by atoms with Gasteiger partial charge in [-0.2, -0.15) is 0 Å². The molecule has 0 saturated heterocycles. The van der Waals surface area contributed by atoms with Crippen LogP contribution in [-0.2, 0) is 6.42 Å². The summed E-state index contributed by atoms with van der Waals surface area (Å²) in [6, 6.07) is 6.36. The van der Waals surface area contributed by atoms with E-state index in [2.05, 4.69) is 18.0 Å². The van der Waals surface area contributed by atoms with E-state index < -0.39 is 0 Å². The van der Waals surface area contributed by atoms with Gasteiger partial charge in [0.1, 0.15) is 0 Å². The predicted molar refractivity (Wildman–Crippen MR) is 67.0 cm³/mol. The highest BCUT2D eigenvalue weighted by Crippen LogP contribution is 2.30. The van der Waals surface area contributed by atoms with E-state index >= 15 is 0 Å². The molecule has 2 N–H and O–H groups in total. The quantitative estimate of drug-likeness (QED) is 0.847. The van der Waals surface area contributed by atoms with Gasteiger partial charge in [-0.3, -0.25) is 4.98 Å². The minimum absolute atomic E-state index is 0.294. The Morgan fingerprint density at radius 2 is 2.06 bits per heavy atom. The fraction of sp³-hybridized carbons (Fsp3) is 0.643. The summed E-state index contributed by atoms with van der Waals surface area (Å²) in [5, 5.41) is 0. The van der Waals surface area contributed by atoms with E-state index in [4.69, 9.17) is 5.73 Å². The van der Waals surface area contributed by atoms with E-state index in [0.29, 0.717) is 12.0 Å². The maximum atomic E-state index is 6.29. The molecule has 16 heavy (non-hydrogen) atoms. The van der Waals surface area contributed by atoms with Gasteiger partial charge in [-0.15, -0.1) is 0 Å². The van der Waals surface area contributed by atoms with Gasteiger partial charge in [0, 0.05) is 24.4 Å². The molecule has 88 valence electrons. The van der Waals surface area contributed by atoms with Crippen molar-refractivity contribution in [2.45, 2.75) is 45.1 Å². The highest BCUT2D eigenvalue weighted by molar-refractivity contribution is 5.05. The molecule has 0 aromatic carbocycles. The monoisotopic (exact) mass is 218 g/mol. The first-order valence-electron chi connectivity index (χ1n) is 6.41. The van der Waals surface area contributed by atoms with Crippen LogP contribution in [-0.4, -0.2) is 11.0 Å². The van der Waals surface area contributed by atoms with Gasteiger partial charge >= 0.3 is 0 Å². The summed E-state index contributed by atoms with van der Waals surface area (Å²) in [4.78, 5) is 4.35. The molecule has 0 aliphatic heterocycles.